The van der Waals surface area contributed by atoms with Gasteiger partial charge >= 0.3 is 0 Å². The third-order valence-electron chi connectivity index (χ3n) is 0.344. The predicted molar refractivity (Wildman–Crippen MR) is 35.5 cm³/mol. The van der Waals surface area contributed by atoms with Gasteiger partial charge in [0.05, 0.1) is 5.49 Å². The van der Waals surface area contributed by atoms with Gasteiger partial charge in [-0.15, -0.1) is 0 Å². The smallest absolute Gasteiger partial charge is 0.0897 e. The highest BCUT2D eigenvalue weighted by Crippen LogP contribution is 1.58. The summed E-state index contributed by atoms with van der Waals surface area (Å²) in [6.45, 7) is 0. The van der Waals surface area contributed by atoms with Gasteiger partial charge in [0, 0.05) is 6.21 Å². The van der Waals surface area contributed by atoms with E-state index in [1.165, 1.54) is 17.9 Å². The van der Waals surface area contributed by atoms with Gasteiger partial charge < -0.3 is 5.73 Å². The number of allylic oxidation sites excluding steroid dienone is 1. The zero-order valence-electron chi connectivity index (χ0n) is 3.74. The average Bonchev–Trinajstić information content (AvgIpc) is 1.69. The normalized spacial score (nSPS) is 10.9. The molecule has 2 nitrogen and oxygen atoms in total. The van der Waals surface area contributed by atoms with E-state index in [2.05, 4.69) is 17.2 Å². The Morgan fingerprint density at radius 2 is 2.29 bits per heavy atom. The maximum absolute atomic E-state index is 4.95. The Morgan fingerprint density at radius 1 is 1.57 bits per heavy atom. The lowest BCUT2D eigenvalue weighted by Gasteiger charge is -1.65. The van der Waals surface area contributed by atoms with E-state index in [9.17, 15) is 0 Å². The molecular weight excluding hydrogens is 108 g/mol. The fourth-order valence-electron chi connectivity index (χ4n) is 0.135. The molecule has 0 aromatic carbocycles. The molecule has 3 heteroatoms. The fourth-order valence-corrected chi connectivity index (χ4v) is 0.205. The molecule has 0 radical (unpaired) electrons. The van der Waals surface area contributed by atoms with Crippen molar-refractivity contribution in [3.8, 4) is 0 Å². The predicted octanol–water partition coefficient (Wildman–Crippen LogP) is 0.487. The Hall–Kier alpha value is -0.700. The van der Waals surface area contributed by atoms with Crippen molar-refractivity contribution in [1.29, 1.82) is 0 Å². The second-order valence-corrected chi connectivity index (χ2v) is 0.999. The first kappa shape index (κ1) is 6.30. The van der Waals surface area contributed by atoms with Gasteiger partial charge in [-0.05, 0) is 12.3 Å². The van der Waals surface area contributed by atoms with Crippen molar-refractivity contribution in [3.63, 3.8) is 0 Å². The number of hydrogen-bond donors (Lipinski definition) is 1. The molecule has 0 bridgehead atoms. The molecule has 7 heavy (non-hydrogen) atoms. The minimum Gasteiger partial charge on any atom is -0.405 e. The third kappa shape index (κ3) is 5.30. The number of thiocarbonyl (C=S) groups is 1. The number of nitrogens with two attached hydrogens (primary N) is 1. The van der Waals surface area contributed by atoms with Gasteiger partial charge in [0.15, 0.2) is 0 Å². The first-order valence-corrected chi connectivity index (χ1v) is 2.22. The second kappa shape index (κ2) is 5.30. The first-order valence-electron chi connectivity index (χ1n) is 1.75. The molecule has 0 aliphatic carbocycles. The van der Waals surface area contributed by atoms with Crippen molar-refractivity contribution in [2.24, 2.45) is 10.7 Å². The molecule has 0 aliphatic rings. The van der Waals surface area contributed by atoms with Crippen LogP contribution in [-0.2, 0) is 0 Å². The zero-order chi connectivity index (χ0) is 5.54. The lowest BCUT2D eigenvalue weighted by Crippen LogP contribution is -1.75. The van der Waals surface area contributed by atoms with E-state index in [0.717, 1.165) is 0 Å². The maximum atomic E-state index is 4.95. The number of rotatable bonds is 2. The molecular formula is C4H6N2S. The number of nitrogens with zero attached hydrogens (tertiary/aromatic N) is 1. The van der Waals surface area contributed by atoms with Crippen LogP contribution in [0.5, 0.6) is 0 Å². The molecule has 0 unspecified atom stereocenters. The van der Waals surface area contributed by atoms with E-state index in [0.29, 0.717) is 0 Å². The fraction of sp³-hybridized carbons (Fsp3) is 0. The topological polar surface area (TPSA) is 38.4 Å². The van der Waals surface area contributed by atoms with E-state index < -0.39 is 0 Å². The Labute approximate surface area is 47.7 Å². The van der Waals surface area contributed by atoms with Crippen molar-refractivity contribution in [2.75, 3.05) is 0 Å². The summed E-state index contributed by atoms with van der Waals surface area (Å²) < 4.78 is 0. The highest BCUT2D eigenvalue weighted by Gasteiger charge is 1.53. The average molecular weight is 114 g/mol. The summed E-state index contributed by atoms with van der Waals surface area (Å²) in [5, 5.41) is 0. The van der Waals surface area contributed by atoms with Crippen LogP contribution in [0.1, 0.15) is 0 Å². The Bertz CT molecular complexity index is 95.9. The van der Waals surface area contributed by atoms with Crippen molar-refractivity contribution in [2.45, 2.75) is 0 Å². The van der Waals surface area contributed by atoms with Crippen LogP contribution in [0.15, 0.2) is 17.3 Å². The van der Waals surface area contributed by atoms with Crippen molar-refractivity contribution in [3.05, 3.63) is 12.3 Å². The van der Waals surface area contributed by atoms with Gasteiger partial charge in [-0.2, -0.15) is 0 Å². The van der Waals surface area contributed by atoms with Crippen molar-refractivity contribution < 1.29 is 0 Å². The van der Waals surface area contributed by atoms with Crippen LogP contribution >= 0.6 is 12.2 Å². The molecule has 0 saturated heterocycles. The van der Waals surface area contributed by atoms with E-state index in [-0.39, 0.29) is 0 Å². The van der Waals surface area contributed by atoms with Crippen LogP contribution < -0.4 is 5.73 Å². The molecule has 0 aromatic heterocycles. The summed E-state index contributed by atoms with van der Waals surface area (Å²) in [5.41, 5.74) is 6.23. The summed E-state index contributed by atoms with van der Waals surface area (Å²) in [7, 11) is 0. The van der Waals surface area contributed by atoms with Gasteiger partial charge in [-0.3, -0.25) is 4.99 Å². The highest BCUT2D eigenvalue weighted by molar-refractivity contribution is 7.78. The van der Waals surface area contributed by atoms with Crippen LogP contribution in [0.2, 0.25) is 0 Å². The lowest BCUT2D eigenvalue weighted by atomic mass is 10.7. The molecule has 0 atom stereocenters. The molecule has 0 aromatic rings. The zero-order valence-corrected chi connectivity index (χ0v) is 4.56. The van der Waals surface area contributed by atoms with Crippen molar-refractivity contribution in [1.82, 2.24) is 0 Å². The third-order valence-corrected chi connectivity index (χ3v) is 0.466. The molecule has 2 N–H and O–H groups in total. The monoisotopic (exact) mass is 114 g/mol. The van der Waals surface area contributed by atoms with Crippen LogP contribution in [-0.4, -0.2) is 11.7 Å². The van der Waals surface area contributed by atoms with Crippen molar-refractivity contribution >= 4 is 23.9 Å². The Kier molecular flexibility index (Phi) is 4.77. The Balaban J connectivity index is 3.27. The van der Waals surface area contributed by atoms with E-state index >= 15 is 0 Å². The largest absolute Gasteiger partial charge is 0.405 e. The summed E-state index contributed by atoms with van der Waals surface area (Å²) in [6, 6.07) is 0. The van der Waals surface area contributed by atoms with Gasteiger partial charge in [-0.25, -0.2) is 0 Å². The molecule has 0 fully saturated rings. The first-order chi connectivity index (χ1) is 3.41. The molecule has 0 saturated carbocycles. The van der Waals surface area contributed by atoms with Gasteiger partial charge in [0.1, 0.15) is 0 Å². The van der Waals surface area contributed by atoms with E-state index in [4.69, 9.17) is 5.73 Å². The molecule has 0 aliphatic heterocycles. The minimum atomic E-state index is 1.28. The minimum absolute atomic E-state index is 1.28. The maximum Gasteiger partial charge on any atom is 0.0897 e. The van der Waals surface area contributed by atoms with Crippen LogP contribution in [0.25, 0.3) is 0 Å². The number of hydrogen-bond acceptors (Lipinski definition) is 2. The Morgan fingerprint density at radius 3 is 2.71 bits per heavy atom. The quantitative estimate of drug-likeness (QED) is 0.419. The molecule has 0 rings (SSSR count). The number of aliphatic imine (C=N–C) groups is 1. The molecule has 38 valence electrons. The van der Waals surface area contributed by atoms with Crippen LogP contribution in [0.3, 0.4) is 0 Å². The highest BCUT2D eigenvalue weighted by atomic mass is 32.1. The van der Waals surface area contributed by atoms with Gasteiger partial charge in [-0.1, -0.05) is 12.2 Å². The summed E-state index contributed by atoms with van der Waals surface area (Å²) in [4.78, 5) is 3.56. The van der Waals surface area contributed by atoms with E-state index in [1.807, 2.05) is 0 Å². The second-order valence-electron chi connectivity index (χ2n) is 0.788. The summed E-state index contributed by atoms with van der Waals surface area (Å²) in [5.74, 6) is 0. The van der Waals surface area contributed by atoms with Gasteiger partial charge in [0.25, 0.3) is 0 Å². The SMILES string of the molecule is NC=CC=NC=S. The lowest BCUT2D eigenvalue weighted by molar-refractivity contribution is 1.62. The van der Waals surface area contributed by atoms with Gasteiger partial charge in [0.2, 0.25) is 0 Å². The molecule has 0 heterocycles. The summed E-state index contributed by atoms with van der Waals surface area (Å²) >= 11 is 4.37. The van der Waals surface area contributed by atoms with Crippen LogP contribution in [0.4, 0.5) is 0 Å². The molecule has 0 spiro atoms. The summed E-state index contributed by atoms with van der Waals surface area (Å²) in [6.07, 6.45) is 4.51. The molecule has 0 amide bonds. The standard InChI is InChI=1S/C4H6N2S/c5-2-1-3-6-4-7/h1-4H,5H2. The van der Waals surface area contributed by atoms with E-state index in [1.54, 1.807) is 6.08 Å². The van der Waals surface area contributed by atoms with Crippen LogP contribution in [0, 0.1) is 0 Å².